The van der Waals surface area contributed by atoms with E-state index in [4.69, 9.17) is 0 Å². The lowest BCUT2D eigenvalue weighted by molar-refractivity contribution is 0.0606. The summed E-state index contributed by atoms with van der Waals surface area (Å²) < 4.78 is 0. The molecule has 0 bridgehead atoms. The van der Waals surface area contributed by atoms with Gasteiger partial charge in [-0.2, -0.15) is 0 Å². The van der Waals surface area contributed by atoms with E-state index in [1.807, 2.05) is 6.07 Å². The van der Waals surface area contributed by atoms with Gasteiger partial charge in [0, 0.05) is 37.8 Å². The molecule has 4 heteroatoms. The molecule has 4 nitrogen and oxygen atoms in total. The molecular formula is C24H29N3O. The smallest absolute Gasteiger partial charge is 0.254 e. The Morgan fingerprint density at radius 3 is 2.39 bits per heavy atom. The monoisotopic (exact) mass is 375 g/mol. The highest BCUT2D eigenvalue weighted by Crippen LogP contribution is 2.34. The molecule has 0 N–H and O–H groups in total. The predicted octanol–water partition coefficient (Wildman–Crippen LogP) is 3.96. The van der Waals surface area contributed by atoms with E-state index in [0.29, 0.717) is 6.04 Å². The van der Waals surface area contributed by atoms with Crippen molar-refractivity contribution in [1.29, 1.82) is 0 Å². The lowest BCUT2D eigenvalue weighted by Gasteiger charge is -2.34. The van der Waals surface area contributed by atoms with Crippen LogP contribution in [0, 0.1) is 0 Å². The molecule has 0 atom stereocenters. The predicted molar refractivity (Wildman–Crippen MR) is 112 cm³/mol. The van der Waals surface area contributed by atoms with Crippen LogP contribution in [0.15, 0.2) is 42.5 Å². The van der Waals surface area contributed by atoms with Crippen LogP contribution in [0.3, 0.4) is 0 Å². The summed E-state index contributed by atoms with van der Waals surface area (Å²) in [5, 5.41) is 0. The summed E-state index contributed by atoms with van der Waals surface area (Å²) in [5.41, 5.74) is 5.91. The highest BCUT2D eigenvalue weighted by atomic mass is 16.2. The zero-order chi connectivity index (χ0) is 19.1. The molecule has 2 aliphatic heterocycles. The van der Waals surface area contributed by atoms with E-state index in [1.165, 1.54) is 48.1 Å². The molecule has 0 unspecified atom stereocenters. The quantitative estimate of drug-likeness (QED) is 0.792. The number of hydrogen-bond donors (Lipinski definition) is 0. The van der Waals surface area contributed by atoms with Gasteiger partial charge >= 0.3 is 0 Å². The van der Waals surface area contributed by atoms with Gasteiger partial charge in [-0.3, -0.25) is 14.6 Å². The molecule has 1 saturated carbocycles. The zero-order valence-corrected chi connectivity index (χ0v) is 16.7. The van der Waals surface area contributed by atoms with Crippen LogP contribution in [-0.2, 0) is 13.1 Å². The van der Waals surface area contributed by atoms with Crippen LogP contribution in [-0.4, -0.2) is 53.0 Å². The number of likely N-dealkylation sites (N-methyl/N-ethyl adjacent to an activating group) is 1. The average molecular weight is 376 g/mol. The van der Waals surface area contributed by atoms with Crippen molar-refractivity contribution in [3.05, 3.63) is 59.2 Å². The molecule has 2 aromatic rings. The van der Waals surface area contributed by atoms with E-state index in [2.05, 4.69) is 58.0 Å². The van der Waals surface area contributed by atoms with Gasteiger partial charge in [0.05, 0.1) is 6.67 Å². The molecule has 2 heterocycles. The van der Waals surface area contributed by atoms with Gasteiger partial charge in [-0.05, 0) is 60.2 Å². The second kappa shape index (κ2) is 7.34. The lowest BCUT2D eigenvalue weighted by atomic mass is 9.92. The Morgan fingerprint density at radius 1 is 0.964 bits per heavy atom. The second-order valence-electron chi connectivity index (χ2n) is 8.49. The molecule has 1 aliphatic carbocycles. The lowest BCUT2D eigenvalue weighted by Crippen LogP contribution is -2.40. The average Bonchev–Trinajstić information content (AvgIpc) is 3.26. The van der Waals surface area contributed by atoms with Crippen LogP contribution in [0.1, 0.15) is 47.7 Å². The largest absolute Gasteiger partial charge is 0.331 e. The third kappa shape index (κ3) is 3.25. The van der Waals surface area contributed by atoms with Crippen molar-refractivity contribution in [2.75, 3.05) is 26.3 Å². The van der Waals surface area contributed by atoms with Crippen molar-refractivity contribution < 1.29 is 4.79 Å². The van der Waals surface area contributed by atoms with Crippen molar-refractivity contribution in [3.8, 4) is 11.1 Å². The summed E-state index contributed by atoms with van der Waals surface area (Å²) in [4.78, 5) is 19.7. The first-order valence-electron chi connectivity index (χ1n) is 10.7. The Bertz CT molecular complexity index is 872. The van der Waals surface area contributed by atoms with Gasteiger partial charge < -0.3 is 4.90 Å². The fraction of sp³-hybridized carbons (Fsp3) is 0.458. The van der Waals surface area contributed by atoms with Gasteiger partial charge in [0.15, 0.2) is 0 Å². The van der Waals surface area contributed by atoms with E-state index in [9.17, 15) is 4.79 Å². The maximum absolute atomic E-state index is 12.7. The van der Waals surface area contributed by atoms with Gasteiger partial charge in [-0.1, -0.05) is 37.3 Å². The fourth-order valence-corrected chi connectivity index (χ4v) is 4.67. The van der Waals surface area contributed by atoms with Gasteiger partial charge in [0.2, 0.25) is 0 Å². The van der Waals surface area contributed by atoms with Gasteiger partial charge in [-0.25, -0.2) is 0 Å². The first kappa shape index (κ1) is 17.9. The third-order valence-electron chi connectivity index (χ3n) is 6.73. The molecule has 0 aromatic heterocycles. The fourth-order valence-electron chi connectivity index (χ4n) is 4.67. The Kier molecular flexibility index (Phi) is 4.69. The molecule has 3 aliphatic rings. The molecule has 2 fully saturated rings. The Balaban J connectivity index is 1.29. The van der Waals surface area contributed by atoms with Gasteiger partial charge in [-0.15, -0.1) is 0 Å². The summed E-state index contributed by atoms with van der Waals surface area (Å²) in [6.07, 6.45) is 3.60. The van der Waals surface area contributed by atoms with Crippen LogP contribution in [0.25, 0.3) is 11.1 Å². The number of amides is 1. The summed E-state index contributed by atoms with van der Waals surface area (Å²) in [5.74, 6) is 0.230. The number of nitrogens with zero attached hydrogens (tertiary/aromatic N) is 3. The molecule has 146 valence electrons. The van der Waals surface area contributed by atoms with Crippen molar-refractivity contribution in [2.24, 2.45) is 0 Å². The maximum atomic E-state index is 12.7. The molecular weight excluding hydrogens is 346 g/mol. The molecule has 1 amide bonds. The number of rotatable bonds is 5. The number of hydrogen-bond acceptors (Lipinski definition) is 3. The van der Waals surface area contributed by atoms with E-state index in [0.717, 1.165) is 38.4 Å². The van der Waals surface area contributed by atoms with Crippen LogP contribution in [0.2, 0.25) is 0 Å². The number of carbonyl (C=O) groups is 1. The molecule has 5 rings (SSSR count). The Morgan fingerprint density at radius 2 is 1.71 bits per heavy atom. The normalized spacial score (nSPS) is 20.6. The highest BCUT2D eigenvalue weighted by molar-refractivity contribution is 5.99. The third-order valence-corrected chi connectivity index (χ3v) is 6.73. The SMILES string of the molecule is CCN1CCN(Cc2ccc(-c3ccc4c(c3)CN(C3CCC3)C4=O)cc2)C1. The number of benzene rings is 2. The Labute approximate surface area is 167 Å². The van der Waals surface area contributed by atoms with Crippen molar-refractivity contribution >= 4 is 5.91 Å². The van der Waals surface area contributed by atoms with Gasteiger partial charge in [0.1, 0.15) is 0 Å². The van der Waals surface area contributed by atoms with E-state index in [-0.39, 0.29) is 5.91 Å². The van der Waals surface area contributed by atoms with E-state index in [1.54, 1.807) is 0 Å². The second-order valence-corrected chi connectivity index (χ2v) is 8.49. The molecule has 0 radical (unpaired) electrons. The van der Waals surface area contributed by atoms with Crippen LogP contribution < -0.4 is 0 Å². The molecule has 0 spiro atoms. The van der Waals surface area contributed by atoms with Gasteiger partial charge in [0.25, 0.3) is 5.91 Å². The zero-order valence-electron chi connectivity index (χ0n) is 16.7. The summed E-state index contributed by atoms with van der Waals surface area (Å²) >= 11 is 0. The highest BCUT2D eigenvalue weighted by Gasteiger charge is 2.35. The first-order valence-corrected chi connectivity index (χ1v) is 10.7. The summed E-state index contributed by atoms with van der Waals surface area (Å²) in [7, 11) is 0. The molecule has 28 heavy (non-hydrogen) atoms. The molecule has 1 saturated heterocycles. The van der Waals surface area contributed by atoms with Crippen LogP contribution >= 0.6 is 0 Å². The van der Waals surface area contributed by atoms with Crippen molar-refractivity contribution in [3.63, 3.8) is 0 Å². The van der Waals surface area contributed by atoms with Crippen molar-refractivity contribution in [1.82, 2.24) is 14.7 Å². The maximum Gasteiger partial charge on any atom is 0.254 e. The number of carbonyl (C=O) groups excluding carboxylic acids is 1. The van der Waals surface area contributed by atoms with E-state index >= 15 is 0 Å². The minimum Gasteiger partial charge on any atom is -0.331 e. The standard InChI is InChI=1S/C24H29N3O/c1-2-25-12-13-26(17-25)15-18-6-8-19(9-7-18)20-10-11-23-21(14-20)16-27(24(23)28)22-4-3-5-22/h6-11,14,22H,2-5,12-13,15-17H2,1H3. The van der Waals surface area contributed by atoms with Crippen molar-refractivity contribution in [2.45, 2.75) is 45.3 Å². The molecule has 2 aromatic carbocycles. The van der Waals surface area contributed by atoms with E-state index < -0.39 is 0 Å². The Hall–Kier alpha value is -2.17. The first-order chi connectivity index (χ1) is 13.7. The van der Waals surface area contributed by atoms with Crippen LogP contribution in [0.4, 0.5) is 0 Å². The summed E-state index contributed by atoms with van der Waals surface area (Å²) in [6, 6.07) is 15.8. The number of fused-ring (bicyclic) bond motifs is 1. The summed E-state index contributed by atoms with van der Waals surface area (Å²) in [6.45, 7) is 8.59. The minimum absolute atomic E-state index is 0.230. The van der Waals surface area contributed by atoms with Crippen LogP contribution in [0.5, 0.6) is 0 Å². The topological polar surface area (TPSA) is 26.8 Å². The minimum atomic E-state index is 0.230.